The summed E-state index contributed by atoms with van der Waals surface area (Å²) in [6.07, 6.45) is 2.39. The smallest absolute Gasteiger partial charge is 0.240 e. The predicted molar refractivity (Wildman–Crippen MR) is 98.3 cm³/mol. The maximum Gasteiger partial charge on any atom is 0.240 e. The molecule has 4 nitrogen and oxygen atoms in total. The Morgan fingerprint density at radius 3 is 2.56 bits per heavy atom. The van der Waals surface area contributed by atoms with Crippen LogP contribution in [0.2, 0.25) is 5.02 Å². The van der Waals surface area contributed by atoms with Crippen molar-refractivity contribution in [3.63, 3.8) is 0 Å². The van der Waals surface area contributed by atoms with Crippen LogP contribution in [-0.4, -0.2) is 29.8 Å². The third kappa shape index (κ3) is 4.60. The fraction of sp³-hybridized carbons (Fsp3) is 0.300. The van der Waals surface area contributed by atoms with E-state index < -0.39 is 0 Å². The van der Waals surface area contributed by atoms with E-state index in [0.717, 1.165) is 24.0 Å². The highest BCUT2D eigenvalue weighted by Gasteiger charge is 2.23. The van der Waals surface area contributed by atoms with Gasteiger partial charge in [-0.1, -0.05) is 54.1 Å². The first kappa shape index (κ1) is 17.5. The zero-order valence-corrected chi connectivity index (χ0v) is 14.7. The molecule has 25 heavy (non-hydrogen) atoms. The first-order valence-corrected chi connectivity index (χ1v) is 8.89. The Kier molecular flexibility index (Phi) is 5.71. The number of nitrogens with one attached hydrogen (secondary N) is 1. The Bertz CT molecular complexity index is 748. The summed E-state index contributed by atoms with van der Waals surface area (Å²) in [4.78, 5) is 26.1. The van der Waals surface area contributed by atoms with Gasteiger partial charge in [-0.05, 0) is 36.1 Å². The van der Waals surface area contributed by atoms with E-state index in [2.05, 4.69) is 5.32 Å². The molecule has 0 radical (unpaired) electrons. The molecule has 1 heterocycles. The molecule has 2 aromatic carbocycles. The molecule has 1 N–H and O–H groups in total. The molecule has 0 spiro atoms. The molecule has 1 unspecified atom stereocenters. The monoisotopic (exact) mass is 356 g/mol. The van der Waals surface area contributed by atoms with Crippen molar-refractivity contribution in [2.24, 2.45) is 0 Å². The molecule has 0 aliphatic carbocycles. The Morgan fingerprint density at radius 2 is 1.84 bits per heavy atom. The summed E-state index contributed by atoms with van der Waals surface area (Å²) in [5, 5.41) is 3.68. The maximum absolute atomic E-state index is 12.6. The lowest BCUT2D eigenvalue weighted by Gasteiger charge is -2.27. The topological polar surface area (TPSA) is 49.4 Å². The van der Waals surface area contributed by atoms with Gasteiger partial charge in [-0.15, -0.1) is 0 Å². The summed E-state index contributed by atoms with van der Waals surface area (Å²) in [5.74, 6) is -0.107. The number of nitrogens with zero attached hydrogens (tertiary/aromatic N) is 1. The molecule has 3 rings (SSSR count). The minimum Gasteiger partial charge on any atom is -0.344 e. The van der Waals surface area contributed by atoms with Gasteiger partial charge in [0.2, 0.25) is 11.8 Å². The van der Waals surface area contributed by atoms with Gasteiger partial charge in [0.15, 0.2) is 0 Å². The number of benzene rings is 2. The number of piperidine rings is 1. The highest BCUT2D eigenvalue weighted by molar-refractivity contribution is 6.30. The standard InChI is InChI=1S/C20H21ClN2O2/c21-17-10-6-9-16(13-17)20(15-7-2-1-3-8-15)22-18(24)14-23-12-5-4-11-19(23)25/h1-3,6-10,13,20H,4-5,11-12,14H2,(H,22,24). The van der Waals surface area contributed by atoms with E-state index in [1.54, 1.807) is 11.0 Å². The van der Waals surface area contributed by atoms with Crippen molar-refractivity contribution in [1.29, 1.82) is 0 Å². The lowest BCUT2D eigenvalue weighted by molar-refractivity contribution is -0.137. The quantitative estimate of drug-likeness (QED) is 0.890. The van der Waals surface area contributed by atoms with Crippen molar-refractivity contribution in [1.82, 2.24) is 10.2 Å². The van der Waals surface area contributed by atoms with Gasteiger partial charge in [-0.25, -0.2) is 0 Å². The van der Waals surface area contributed by atoms with Crippen LogP contribution in [-0.2, 0) is 9.59 Å². The average Bonchev–Trinajstić information content (AvgIpc) is 2.62. The van der Waals surface area contributed by atoms with Crippen LogP contribution in [0.1, 0.15) is 36.4 Å². The lowest BCUT2D eigenvalue weighted by atomic mass is 9.98. The second-order valence-corrected chi connectivity index (χ2v) is 6.68. The molecule has 1 fully saturated rings. The molecule has 1 saturated heterocycles. The zero-order valence-electron chi connectivity index (χ0n) is 14.0. The normalized spacial score (nSPS) is 15.7. The summed E-state index contributed by atoms with van der Waals surface area (Å²) in [6, 6.07) is 16.9. The number of likely N-dealkylation sites (tertiary alicyclic amines) is 1. The summed E-state index contributed by atoms with van der Waals surface area (Å²) in [5.41, 5.74) is 1.89. The highest BCUT2D eigenvalue weighted by Crippen LogP contribution is 2.24. The van der Waals surface area contributed by atoms with E-state index in [9.17, 15) is 9.59 Å². The SMILES string of the molecule is O=C(CN1CCCCC1=O)NC(c1ccccc1)c1cccc(Cl)c1. The van der Waals surface area contributed by atoms with Crippen molar-refractivity contribution >= 4 is 23.4 Å². The van der Waals surface area contributed by atoms with Gasteiger partial charge in [0.25, 0.3) is 0 Å². The molecule has 0 saturated carbocycles. The van der Waals surface area contributed by atoms with E-state index >= 15 is 0 Å². The van der Waals surface area contributed by atoms with Gasteiger partial charge in [-0.2, -0.15) is 0 Å². The van der Waals surface area contributed by atoms with Gasteiger partial charge < -0.3 is 10.2 Å². The van der Waals surface area contributed by atoms with Crippen molar-refractivity contribution in [2.45, 2.75) is 25.3 Å². The zero-order chi connectivity index (χ0) is 17.6. The number of carbonyl (C=O) groups is 2. The van der Waals surface area contributed by atoms with Crippen LogP contribution in [0.15, 0.2) is 54.6 Å². The van der Waals surface area contributed by atoms with Crippen LogP contribution in [0.3, 0.4) is 0 Å². The molecule has 2 amide bonds. The number of amides is 2. The number of halogens is 1. The predicted octanol–water partition coefficient (Wildman–Crippen LogP) is 3.56. The minimum atomic E-state index is -0.299. The van der Waals surface area contributed by atoms with Crippen LogP contribution in [0.25, 0.3) is 0 Å². The number of carbonyl (C=O) groups excluding carboxylic acids is 2. The third-order valence-electron chi connectivity index (χ3n) is 4.38. The first-order valence-electron chi connectivity index (χ1n) is 8.51. The fourth-order valence-corrected chi connectivity index (χ4v) is 3.30. The van der Waals surface area contributed by atoms with E-state index in [-0.39, 0.29) is 24.4 Å². The van der Waals surface area contributed by atoms with E-state index in [0.29, 0.717) is 18.0 Å². The minimum absolute atomic E-state index is 0.0559. The van der Waals surface area contributed by atoms with E-state index in [4.69, 9.17) is 11.6 Å². The first-order chi connectivity index (χ1) is 12.1. The Balaban J connectivity index is 1.78. The summed E-state index contributed by atoms with van der Waals surface area (Å²) in [6.45, 7) is 0.752. The van der Waals surface area contributed by atoms with Gasteiger partial charge in [-0.3, -0.25) is 9.59 Å². The molecule has 1 atom stereocenters. The van der Waals surface area contributed by atoms with Gasteiger partial charge in [0.05, 0.1) is 12.6 Å². The van der Waals surface area contributed by atoms with E-state index in [1.165, 1.54) is 0 Å². The van der Waals surface area contributed by atoms with E-state index in [1.807, 2.05) is 48.5 Å². The molecule has 5 heteroatoms. The van der Waals surface area contributed by atoms with Gasteiger partial charge in [0.1, 0.15) is 0 Å². The largest absolute Gasteiger partial charge is 0.344 e. The molecule has 0 aromatic heterocycles. The third-order valence-corrected chi connectivity index (χ3v) is 4.61. The molecule has 2 aromatic rings. The van der Waals surface area contributed by atoms with Crippen molar-refractivity contribution in [3.05, 3.63) is 70.7 Å². The van der Waals surface area contributed by atoms with Crippen LogP contribution in [0.5, 0.6) is 0 Å². The Hall–Kier alpha value is -2.33. The molecule has 0 bridgehead atoms. The number of hydrogen-bond donors (Lipinski definition) is 1. The lowest BCUT2D eigenvalue weighted by Crippen LogP contribution is -2.44. The highest BCUT2D eigenvalue weighted by atomic mass is 35.5. The van der Waals surface area contributed by atoms with Crippen LogP contribution in [0, 0.1) is 0 Å². The Labute approximate surface area is 152 Å². The van der Waals surface area contributed by atoms with Gasteiger partial charge in [0, 0.05) is 18.0 Å². The summed E-state index contributed by atoms with van der Waals surface area (Å²) in [7, 11) is 0. The summed E-state index contributed by atoms with van der Waals surface area (Å²) >= 11 is 6.12. The van der Waals surface area contributed by atoms with Gasteiger partial charge >= 0.3 is 0 Å². The van der Waals surface area contributed by atoms with Crippen molar-refractivity contribution in [3.8, 4) is 0 Å². The number of hydrogen-bond acceptors (Lipinski definition) is 2. The second kappa shape index (κ2) is 8.17. The molecular formula is C20H21ClN2O2. The van der Waals surface area contributed by atoms with Crippen LogP contribution in [0.4, 0.5) is 0 Å². The molecule has 1 aliphatic heterocycles. The fourth-order valence-electron chi connectivity index (χ4n) is 3.10. The molecular weight excluding hydrogens is 336 g/mol. The van der Waals surface area contributed by atoms with Crippen molar-refractivity contribution < 1.29 is 9.59 Å². The maximum atomic E-state index is 12.6. The van der Waals surface area contributed by atoms with Crippen LogP contribution < -0.4 is 5.32 Å². The summed E-state index contributed by atoms with van der Waals surface area (Å²) < 4.78 is 0. The molecule has 130 valence electrons. The molecule has 1 aliphatic rings. The van der Waals surface area contributed by atoms with Crippen LogP contribution >= 0.6 is 11.6 Å². The Morgan fingerprint density at radius 1 is 1.08 bits per heavy atom. The van der Waals surface area contributed by atoms with Crippen molar-refractivity contribution in [2.75, 3.05) is 13.1 Å². The second-order valence-electron chi connectivity index (χ2n) is 6.24. The number of rotatable bonds is 5. The average molecular weight is 357 g/mol.